The third-order valence-electron chi connectivity index (χ3n) is 5.20. The lowest BCUT2D eigenvalue weighted by atomic mass is 10.1. The zero-order chi connectivity index (χ0) is 25.7. The molecule has 0 spiro atoms. The first-order chi connectivity index (χ1) is 14.9. The molecular weight excluding hydrogens is 468 g/mol. The summed E-state index contributed by atoms with van der Waals surface area (Å²) in [4.78, 5) is 29.5. The molecule has 1 atom stereocenters. The lowest BCUT2D eigenvalue weighted by Crippen LogP contribution is -2.41. The van der Waals surface area contributed by atoms with Crippen LogP contribution in [0.5, 0.6) is 0 Å². The van der Waals surface area contributed by atoms with Crippen molar-refractivity contribution in [2.24, 2.45) is 0 Å². The number of nitro benzene ring substituents is 1. The largest absolute Gasteiger partial charge is 0.458 e. The van der Waals surface area contributed by atoms with Gasteiger partial charge >= 0.3 is 5.97 Å². The molecule has 0 aromatic heterocycles. The summed E-state index contributed by atoms with van der Waals surface area (Å²) in [5.41, 5.74) is -1.42. The van der Waals surface area contributed by atoms with Gasteiger partial charge in [-0.25, -0.2) is 13.2 Å². The molecule has 0 saturated carbocycles. The molecule has 188 valence electrons. The average Bonchev–Trinajstić information content (AvgIpc) is 2.64. The van der Waals surface area contributed by atoms with Gasteiger partial charge in [-0.2, -0.15) is 0 Å². The molecule has 0 saturated heterocycles. The Balaban J connectivity index is 2.93. The maximum Gasteiger partial charge on any atom is 0.337 e. The molecule has 1 rings (SSSR count). The van der Waals surface area contributed by atoms with Crippen molar-refractivity contribution in [3.8, 4) is 0 Å². The smallest absolute Gasteiger partial charge is 0.337 e. The Hall–Kier alpha value is -1.86. The van der Waals surface area contributed by atoms with Gasteiger partial charge in [-0.3, -0.25) is 15.0 Å². The summed E-state index contributed by atoms with van der Waals surface area (Å²) in [6.07, 6.45) is -0.711. The average molecular weight is 505 g/mol. The number of ether oxygens (including phenoxy) is 1. The van der Waals surface area contributed by atoms with Crippen LogP contribution in [0.2, 0.25) is 18.1 Å². The summed E-state index contributed by atoms with van der Waals surface area (Å²) in [5.74, 6) is -0.750. The second-order valence-corrected chi connectivity index (χ2v) is 16.6. The van der Waals surface area contributed by atoms with Crippen LogP contribution in [0, 0.1) is 10.1 Å². The number of hydrogen-bond acceptors (Lipinski definition) is 8. The number of sulfonamides is 1. The van der Waals surface area contributed by atoms with Crippen LogP contribution in [0.15, 0.2) is 29.2 Å². The van der Waals surface area contributed by atoms with Gasteiger partial charge in [0.05, 0.1) is 4.92 Å². The number of carbonyl (C=O) groups is 1. The van der Waals surface area contributed by atoms with Crippen molar-refractivity contribution in [2.75, 3.05) is 6.61 Å². The maximum atomic E-state index is 12.6. The number of benzene rings is 1. The van der Waals surface area contributed by atoms with E-state index in [1.54, 1.807) is 20.8 Å². The fourth-order valence-corrected chi connectivity index (χ4v) is 4.50. The van der Waals surface area contributed by atoms with Gasteiger partial charge in [0, 0.05) is 12.7 Å². The number of hydrogen-bond donors (Lipinski definition) is 1. The monoisotopic (exact) mass is 504 g/mol. The summed E-state index contributed by atoms with van der Waals surface area (Å²) in [6, 6.07) is 4.85. The molecule has 0 radical (unpaired) electrons. The van der Waals surface area contributed by atoms with Gasteiger partial charge in [0.1, 0.15) is 5.60 Å². The molecule has 0 bridgehead atoms. The topological polar surface area (TPSA) is 134 Å². The minimum atomic E-state index is -4.43. The SMILES string of the molecule is CC(C)(C)OC(=O)[C@@H](CCCO[Si](C)(C)C(C)(C)C)ONS(=O)(=O)c1ccccc1[N+](=O)[O-]. The van der Waals surface area contributed by atoms with Crippen molar-refractivity contribution in [3.63, 3.8) is 0 Å². The van der Waals surface area contributed by atoms with E-state index in [1.807, 2.05) is 4.89 Å². The number of nitrogens with one attached hydrogen (secondary N) is 1. The second kappa shape index (κ2) is 11.0. The highest BCUT2D eigenvalue weighted by atomic mass is 32.2. The number of rotatable bonds is 11. The van der Waals surface area contributed by atoms with E-state index in [4.69, 9.17) is 14.0 Å². The van der Waals surface area contributed by atoms with E-state index < -0.39 is 51.5 Å². The first-order valence-electron chi connectivity index (χ1n) is 10.6. The van der Waals surface area contributed by atoms with Crippen molar-refractivity contribution in [1.29, 1.82) is 0 Å². The van der Waals surface area contributed by atoms with Crippen molar-refractivity contribution in [1.82, 2.24) is 4.89 Å². The molecule has 0 aliphatic heterocycles. The van der Waals surface area contributed by atoms with E-state index in [1.165, 1.54) is 12.1 Å². The van der Waals surface area contributed by atoms with Gasteiger partial charge in [-0.15, -0.1) is 0 Å². The second-order valence-electron chi connectivity index (χ2n) is 10.2. The Bertz CT molecular complexity index is 936. The summed E-state index contributed by atoms with van der Waals surface area (Å²) in [6.45, 7) is 16.0. The van der Waals surface area contributed by atoms with Crippen LogP contribution in [0.1, 0.15) is 54.4 Å². The maximum absolute atomic E-state index is 12.6. The minimum Gasteiger partial charge on any atom is -0.458 e. The fourth-order valence-electron chi connectivity index (χ4n) is 2.41. The van der Waals surface area contributed by atoms with Gasteiger partial charge in [-0.1, -0.05) is 37.8 Å². The Morgan fingerprint density at radius 1 is 1.15 bits per heavy atom. The molecule has 1 aromatic carbocycles. The molecule has 0 fully saturated rings. The Morgan fingerprint density at radius 2 is 1.73 bits per heavy atom. The van der Waals surface area contributed by atoms with Crippen LogP contribution >= 0.6 is 0 Å². The highest BCUT2D eigenvalue weighted by molar-refractivity contribution is 7.89. The van der Waals surface area contributed by atoms with Gasteiger partial charge in [-0.05, 0) is 57.8 Å². The van der Waals surface area contributed by atoms with Crippen molar-refractivity contribution in [3.05, 3.63) is 34.4 Å². The third-order valence-corrected chi connectivity index (χ3v) is 11.0. The zero-order valence-corrected chi connectivity index (χ0v) is 22.4. The Morgan fingerprint density at radius 3 is 2.24 bits per heavy atom. The van der Waals surface area contributed by atoms with Crippen molar-refractivity contribution >= 4 is 30.0 Å². The molecule has 0 amide bonds. The summed E-state index contributed by atoms with van der Waals surface area (Å²) in [5, 5.41) is 11.2. The summed E-state index contributed by atoms with van der Waals surface area (Å²) in [7, 11) is -6.41. The van der Waals surface area contributed by atoms with E-state index in [-0.39, 0.29) is 11.5 Å². The fraction of sp³-hybridized carbons (Fsp3) is 0.667. The van der Waals surface area contributed by atoms with Crippen LogP contribution in [-0.2, 0) is 28.8 Å². The molecule has 33 heavy (non-hydrogen) atoms. The van der Waals surface area contributed by atoms with E-state index in [9.17, 15) is 23.3 Å². The van der Waals surface area contributed by atoms with Crippen LogP contribution in [-0.4, -0.2) is 45.9 Å². The van der Waals surface area contributed by atoms with Crippen molar-refractivity contribution < 1.29 is 32.1 Å². The van der Waals surface area contributed by atoms with Crippen molar-refractivity contribution in [2.45, 2.75) is 89.1 Å². The first kappa shape index (κ1) is 29.2. The van der Waals surface area contributed by atoms with Gasteiger partial charge < -0.3 is 9.16 Å². The van der Waals surface area contributed by atoms with Gasteiger partial charge in [0.25, 0.3) is 15.7 Å². The van der Waals surface area contributed by atoms with Crippen LogP contribution in [0.4, 0.5) is 5.69 Å². The zero-order valence-electron chi connectivity index (χ0n) is 20.6. The van der Waals surface area contributed by atoms with E-state index in [0.29, 0.717) is 13.0 Å². The van der Waals surface area contributed by atoms with E-state index in [0.717, 1.165) is 12.1 Å². The van der Waals surface area contributed by atoms with Gasteiger partial charge in [0.2, 0.25) is 0 Å². The number of nitrogens with zero attached hydrogens (tertiary/aromatic N) is 1. The highest BCUT2D eigenvalue weighted by Gasteiger charge is 2.37. The normalized spacial score (nSPS) is 14.1. The number of para-hydroxylation sites is 1. The number of nitro groups is 1. The summed E-state index contributed by atoms with van der Waals surface area (Å²) < 4.78 is 36.7. The van der Waals surface area contributed by atoms with Crippen LogP contribution in [0.3, 0.4) is 0 Å². The molecule has 1 N–H and O–H groups in total. The van der Waals surface area contributed by atoms with Crippen LogP contribution < -0.4 is 4.89 Å². The molecule has 1 aromatic rings. The predicted octanol–water partition coefficient (Wildman–Crippen LogP) is 4.32. The molecule has 0 aliphatic rings. The molecule has 12 heteroatoms. The molecule has 0 heterocycles. The number of esters is 1. The highest BCUT2D eigenvalue weighted by Crippen LogP contribution is 2.36. The summed E-state index contributed by atoms with van der Waals surface area (Å²) >= 11 is 0. The van der Waals surface area contributed by atoms with Gasteiger partial charge in [0.15, 0.2) is 19.3 Å². The molecule has 10 nitrogen and oxygen atoms in total. The standard InChI is InChI=1S/C21H36N2O8SSi/c1-20(2,3)30-19(24)17(13-11-15-29-33(7,8)21(4,5)6)31-22-32(27,28)18-14-10-9-12-16(18)23(25)26/h9-10,12,14,17,22H,11,13,15H2,1-8H3/t17-/m1/s1. The molecule has 0 aliphatic carbocycles. The van der Waals surface area contributed by atoms with Crippen LogP contribution in [0.25, 0.3) is 0 Å². The Kier molecular flexibility index (Phi) is 9.76. The third kappa shape index (κ3) is 9.12. The quantitative estimate of drug-likeness (QED) is 0.155. The first-order valence-corrected chi connectivity index (χ1v) is 15.0. The molecular formula is C21H36N2O8SSi. The Labute approximate surface area is 197 Å². The minimum absolute atomic E-state index is 0.0219. The molecule has 0 unspecified atom stereocenters. The predicted molar refractivity (Wildman–Crippen MR) is 127 cm³/mol. The lowest BCUT2D eigenvalue weighted by molar-refractivity contribution is -0.387. The lowest BCUT2D eigenvalue weighted by Gasteiger charge is -2.36. The number of carbonyl (C=O) groups excluding carboxylic acids is 1. The van der Waals surface area contributed by atoms with E-state index >= 15 is 0 Å². The van der Waals surface area contributed by atoms with E-state index in [2.05, 4.69) is 33.9 Å².